The summed E-state index contributed by atoms with van der Waals surface area (Å²) in [6.07, 6.45) is 9.57. The van der Waals surface area contributed by atoms with E-state index >= 15 is 0 Å². The summed E-state index contributed by atoms with van der Waals surface area (Å²) in [6, 6.07) is -1.21. The smallest absolute Gasteiger partial charge is 0.249 e. The molecule has 2 atom stereocenters. The van der Waals surface area contributed by atoms with E-state index in [1.165, 1.54) is 0 Å². The molecule has 32 heavy (non-hydrogen) atoms. The molecule has 10 heteroatoms. The molecule has 0 radical (unpaired) electrons. The predicted molar refractivity (Wildman–Crippen MR) is 115 cm³/mol. The fraction of sp³-hybridized carbons (Fsp3) is 0.727. The summed E-state index contributed by atoms with van der Waals surface area (Å²) in [5.74, 6) is -1.76. The van der Waals surface area contributed by atoms with E-state index in [4.69, 9.17) is 0 Å². The number of carbonyl (C=O) groups is 6. The first-order chi connectivity index (χ1) is 15.3. The lowest BCUT2D eigenvalue weighted by molar-refractivity contribution is -0.138. The molecule has 4 N–H and O–H groups in total. The van der Waals surface area contributed by atoms with Crippen LogP contribution in [0.25, 0.3) is 0 Å². The van der Waals surface area contributed by atoms with Crippen LogP contribution in [0.3, 0.4) is 0 Å². The van der Waals surface area contributed by atoms with E-state index in [1.807, 2.05) is 0 Å². The summed E-state index contributed by atoms with van der Waals surface area (Å²) in [5, 5.41) is 9.81. The molecule has 2 aliphatic heterocycles. The third kappa shape index (κ3) is 9.57. The van der Waals surface area contributed by atoms with Crippen LogP contribution in [-0.2, 0) is 28.8 Å². The number of nitrogens with one attached hydrogen (secondary N) is 4. The van der Waals surface area contributed by atoms with Crippen LogP contribution in [0.4, 0.5) is 0 Å². The van der Waals surface area contributed by atoms with Crippen molar-refractivity contribution in [2.24, 2.45) is 0 Å². The molecule has 0 spiro atoms. The number of amides is 6. The number of carbonyl (C=O) groups excluding carboxylic acids is 6. The fourth-order valence-corrected chi connectivity index (χ4v) is 3.83. The minimum absolute atomic E-state index is 0.157. The zero-order valence-electron chi connectivity index (χ0n) is 18.5. The van der Waals surface area contributed by atoms with E-state index in [2.05, 4.69) is 21.3 Å². The highest BCUT2D eigenvalue weighted by atomic mass is 16.2. The minimum atomic E-state index is -0.605. The van der Waals surface area contributed by atoms with E-state index in [0.717, 1.165) is 51.4 Å². The van der Waals surface area contributed by atoms with Gasteiger partial charge in [-0.25, -0.2) is 0 Å². The Morgan fingerprint density at radius 3 is 1.31 bits per heavy atom. The molecule has 2 aliphatic rings. The van der Waals surface area contributed by atoms with Gasteiger partial charge in [-0.2, -0.15) is 0 Å². The lowest BCUT2D eigenvalue weighted by Gasteiger charge is -2.21. The van der Waals surface area contributed by atoms with Crippen molar-refractivity contribution in [2.45, 2.75) is 102 Å². The maximum absolute atomic E-state index is 11.9. The second-order valence-corrected chi connectivity index (χ2v) is 8.47. The van der Waals surface area contributed by atoms with E-state index < -0.39 is 23.9 Å². The Balaban J connectivity index is 1.39. The average molecular weight is 451 g/mol. The van der Waals surface area contributed by atoms with Crippen molar-refractivity contribution in [3.63, 3.8) is 0 Å². The van der Waals surface area contributed by atoms with Gasteiger partial charge in [0.25, 0.3) is 0 Å². The monoisotopic (exact) mass is 450 g/mol. The zero-order chi connectivity index (χ0) is 23.3. The first-order valence-electron chi connectivity index (χ1n) is 11.6. The van der Waals surface area contributed by atoms with Crippen molar-refractivity contribution in [3.8, 4) is 0 Å². The van der Waals surface area contributed by atoms with Gasteiger partial charge in [-0.15, -0.1) is 0 Å². The van der Waals surface area contributed by atoms with Crippen molar-refractivity contribution in [3.05, 3.63) is 0 Å². The van der Waals surface area contributed by atoms with Crippen LogP contribution in [0.15, 0.2) is 0 Å². The largest absolute Gasteiger partial charge is 0.344 e. The summed E-state index contributed by atoms with van der Waals surface area (Å²) >= 11 is 0. The Hall–Kier alpha value is -2.78. The highest BCUT2D eigenvalue weighted by Crippen LogP contribution is 2.12. The average Bonchev–Trinajstić information content (AvgIpc) is 2.73. The Kier molecular flexibility index (Phi) is 10.8. The van der Waals surface area contributed by atoms with Crippen LogP contribution in [0.1, 0.15) is 89.9 Å². The molecule has 2 saturated heterocycles. The molecule has 10 nitrogen and oxygen atoms in total. The lowest BCUT2D eigenvalue weighted by Crippen LogP contribution is -2.52. The van der Waals surface area contributed by atoms with Crippen LogP contribution in [-0.4, -0.2) is 47.5 Å². The quantitative estimate of drug-likeness (QED) is 0.240. The Labute approximate surface area is 188 Å². The molecule has 0 saturated carbocycles. The lowest BCUT2D eigenvalue weighted by atomic mass is 10.0. The molecule has 0 aromatic rings. The highest BCUT2D eigenvalue weighted by molar-refractivity contribution is 6.02. The third-order valence-electron chi connectivity index (χ3n) is 5.71. The van der Waals surface area contributed by atoms with Gasteiger partial charge in [-0.3, -0.25) is 39.4 Å². The van der Waals surface area contributed by atoms with Crippen LogP contribution in [0.2, 0.25) is 0 Å². The second-order valence-electron chi connectivity index (χ2n) is 8.47. The maximum atomic E-state index is 11.9. The van der Waals surface area contributed by atoms with Crippen LogP contribution in [0, 0.1) is 0 Å². The van der Waals surface area contributed by atoms with Crippen molar-refractivity contribution < 1.29 is 28.8 Å². The molecular weight excluding hydrogens is 416 g/mol. The molecular formula is C22H34N4O6. The number of rotatable bonds is 13. The summed E-state index contributed by atoms with van der Waals surface area (Å²) in [4.78, 5) is 69.3. The first-order valence-corrected chi connectivity index (χ1v) is 11.6. The van der Waals surface area contributed by atoms with Crippen molar-refractivity contribution >= 4 is 35.4 Å². The molecule has 2 unspecified atom stereocenters. The van der Waals surface area contributed by atoms with Gasteiger partial charge in [0.1, 0.15) is 12.1 Å². The number of piperidine rings is 2. The van der Waals surface area contributed by atoms with Gasteiger partial charge in [0.15, 0.2) is 0 Å². The van der Waals surface area contributed by atoms with Crippen molar-refractivity contribution in [1.29, 1.82) is 0 Å². The topological polar surface area (TPSA) is 151 Å². The number of unbranched alkanes of at least 4 members (excludes halogenated alkanes) is 7. The van der Waals surface area contributed by atoms with Crippen LogP contribution >= 0.6 is 0 Å². The van der Waals surface area contributed by atoms with Crippen molar-refractivity contribution in [2.75, 3.05) is 0 Å². The van der Waals surface area contributed by atoms with Gasteiger partial charge in [0.2, 0.25) is 35.4 Å². The first kappa shape index (κ1) is 25.5. The fourth-order valence-electron chi connectivity index (χ4n) is 3.83. The molecule has 0 bridgehead atoms. The summed E-state index contributed by atoms with van der Waals surface area (Å²) in [7, 11) is 0. The summed E-state index contributed by atoms with van der Waals surface area (Å²) in [6.45, 7) is 0. The molecule has 0 aliphatic carbocycles. The zero-order valence-corrected chi connectivity index (χ0v) is 18.5. The Morgan fingerprint density at radius 1 is 0.625 bits per heavy atom. The van der Waals surface area contributed by atoms with Gasteiger partial charge in [0.05, 0.1) is 0 Å². The van der Waals surface area contributed by atoms with E-state index in [1.54, 1.807) is 0 Å². The standard InChI is InChI=1S/C22H34N4O6/c27-17(23-15-11-13-19(29)25-21(15)31)9-7-5-3-1-2-4-6-8-10-18(28)24-16-12-14-20(30)26-22(16)32/h15-16H,1-14H2,(H,23,27)(H,24,28)(H,25,29,31)(H,26,30,32). The van der Waals surface area contributed by atoms with Gasteiger partial charge in [-0.05, 0) is 25.7 Å². The number of hydrogen-bond acceptors (Lipinski definition) is 6. The Bertz CT molecular complexity index is 663. The molecule has 2 heterocycles. The maximum Gasteiger partial charge on any atom is 0.249 e. The highest BCUT2D eigenvalue weighted by Gasteiger charge is 2.28. The molecule has 0 aromatic heterocycles. The molecule has 178 valence electrons. The van der Waals surface area contributed by atoms with E-state index in [9.17, 15) is 28.8 Å². The normalized spacial score (nSPS) is 21.0. The van der Waals surface area contributed by atoms with Crippen LogP contribution in [0.5, 0.6) is 0 Å². The molecule has 6 amide bonds. The van der Waals surface area contributed by atoms with Gasteiger partial charge < -0.3 is 10.6 Å². The van der Waals surface area contributed by atoms with E-state index in [0.29, 0.717) is 25.7 Å². The predicted octanol–water partition coefficient (Wildman–Crippen LogP) is 0.730. The van der Waals surface area contributed by atoms with Gasteiger partial charge >= 0.3 is 0 Å². The number of imide groups is 2. The van der Waals surface area contributed by atoms with Gasteiger partial charge in [0, 0.05) is 25.7 Å². The summed E-state index contributed by atoms with van der Waals surface area (Å²) in [5.41, 5.74) is 0. The summed E-state index contributed by atoms with van der Waals surface area (Å²) < 4.78 is 0. The van der Waals surface area contributed by atoms with E-state index in [-0.39, 0.29) is 36.5 Å². The number of hydrogen-bond donors (Lipinski definition) is 4. The second kappa shape index (κ2) is 13.6. The van der Waals surface area contributed by atoms with Crippen LogP contribution < -0.4 is 21.3 Å². The van der Waals surface area contributed by atoms with Crippen molar-refractivity contribution in [1.82, 2.24) is 21.3 Å². The minimum Gasteiger partial charge on any atom is -0.344 e. The third-order valence-corrected chi connectivity index (χ3v) is 5.71. The van der Waals surface area contributed by atoms with Gasteiger partial charge in [-0.1, -0.05) is 38.5 Å². The SMILES string of the molecule is O=C1CCC(NC(=O)CCCCCCCCCCC(=O)NC2CCC(=O)NC2=O)C(=O)N1. The molecule has 2 fully saturated rings. The molecule has 0 aromatic carbocycles. The Morgan fingerprint density at radius 2 is 0.969 bits per heavy atom. The molecule has 2 rings (SSSR count).